The predicted molar refractivity (Wildman–Crippen MR) is 79.5 cm³/mol. The molecule has 2 amide bonds. The van der Waals surface area contributed by atoms with Gasteiger partial charge >= 0.3 is 0 Å². The second kappa shape index (κ2) is 5.54. The second-order valence-corrected chi connectivity index (χ2v) is 7.32. The van der Waals surface area contributed by atoms with Crippen LogP contribution in [0.2, 0.25) is 0 Å². The first-order valence-electron chi connectivity index (χ1n) is 6.11. The van der Waals surface area contributed by atoms with Gasteiger partial charge < -0.3 is 10.2 Å². The number of nitrogens with zero attached hydrogens (tertiary/aromatic N) is 1. The molecule has 2 heterocycles. The SMILES string of the molecule is CC(C)(C)NC(=O)[C@@H]1CSCN1C(=O)c1ccsc1. The van der Waals surface area contributed by atoms with E-state index in [9.17, 15) is 9.59 Å². The number of thiophene rings is 1. The molecule has 1 aliphatic heterocycles. The van der Waals surface area contributed by atoms with Gasteiger partial charge in [-0.05, 0) is 32.2 Å². The van der Waals surface area contributed by atoms with Crippen LogP contribution < -0.4 is 5.32 Å². The van der Waals surface area contributed by atoms with E-state index in [1.54, 1.807) is 22.7 Å². The van der Waals surface area contributed by atoms with E-state index < -0.39 is 0 Å². The molecule has 0 bridgehead atoms. The summed E-state index contributed by atoms with van der Waals surface area (Å²) < 4.78 is 0. The number of amides is 2. The van der Waals surface area contributed by atoms with Crippen LogP contribution in [0.4, 0.5) is 0 Å². The van der Waals surface area contributed by atoms with Crippen molar-refractivity contribution in [2.75, 3.05) is 11.6 Å². The highest BCUT2D eigenvalue weighted by Gasteiger charge is 2.36. The van der Waals surface area contributed by atoms with Gasteiger partial charge in [-0.3, -0.25) is 9.59 Å². The molecule has 4 nitrogen and oxygen atoms in total. The Morgan fingerprint density at radius 1 is 1.42 bits per heavy atom. The van der Waals surface area contributed by atoms with Crippen LogP contribution in [0.25, 0.3) is 0 Å². The first-order valence-corrected chi connectivity index (χ1v) is 8.21. The van der Waals surface area contributed by atoms with Crippen LogP contribution in [0, 0.1) is 0 Å². The molecule has 0 unspecified atom stereocenters. The van der Waals surface area contributed by atoms with E-state index in [1.165, 1.54) is 11.3 Å². The number of thioether (sulfide) groups is 1. The van der Waals surface area contributed by atoms with Crippen molar-refractivity contribution in [3.63, 3.8) is 0 Å². The van der Waals surface area contributed by atoms with E-state index in [1.807, 2.05) is 31.5 Å². The molecule has 1 aliphatic rings. The molecule has 1 aromatic heterocycles. The molecule has 0 radical (unpaired) electrons. The molecule has 0 saturated carbocycles. The van der Waals surface area contributed by atoms with Gasteiger partial charge in [0.1, 0.15) is 6.04 Å². The lowest BCUT2D eigenvalue weighted by Gasteiger charge is -2.27. The summed E-state index contributed by atoms with van der Waals surface area (Å²) >= 11 is 3.11. The van der Waals surface area contributed by atoms with Crippen LogP contribution in [-0.4, -0.2) is 39.9 Å². The van der Waals surface area contributed by atoms with Gasteiger partial charge in [0.25, 0.3) is 5.91 Å². The highest BCUT2D eigenvalue weighted by atomic mass is 32.2. The minimum atomic E-state index is -0.364. The molecule has 1 aromatic rings. The summed E-state index contributed by atoms with van der Waals surface area (Å²) in [5.41, 5.74) is 0.391. The third-order valence-corrected chi connectivity index (χ3v) is 4.41. The van der Waals surface area contributed by atoms with Crippen LogP contribution in [-0.2, 0) is 4.79 Å². The monoisotopic (exact) mass is 298 g/mol. The lowest BCUT2D eigenvalue weighted by atomic mass is 10.1. The smallest absolute Gasteiger partial charge is 0.256 e. The van der Waals surface area contributed by atoms with Gasteiger partial charge in [0.2, 0.25) is 5.91 Å². The lowest BCUT2D eigenvalue weighted by Crippen LogP contribution is -2.52. The fourth-order valence-electron chi connectivity index (χ4n) is 1.86. The van der Waals surface area contributed by atoms with Gasteiger partial charge in [0, 0.05) is 16.7 Å². The van der Waals surface area contributed by atoms with Gasteiger partial charge in [-0.25, -0.2) is 0 Å². The van der Waals surface area contributed by atoms with Crippen LogP contribution in [0.3, 0.4) is 0 Å². The Hall–Kier alpha value is -1.01. The molecule has 1 saturated heterocycles. The Morgan fingerprint density at radius 2 is 2.16 bits per heavy atom. The van der Waals surface area contributed by atoms with Crippen LogP contribution in [0.1, 0.15) is 31.1 Å². The van der Waals surface area contributed by atoms with Crippen molar-refractivity contribution in [1.82, 2.24) is 10.2 Å². The predicted octanol–water partition coefficient (Wildman–Crippen LogP) is 2.18. The number of hydrogen-bond donors (Lipinski definition) is 1. The van der Waals surface area contributed by atoms with Crippen molar-refractivity contribution in [3.8, 4) is 0 Å². The number of hydrogen-bond acceptors (Lipinski definition) is 4. The van der Waals surface area contributed by atoms with E-state index >= 15 is 0 Å². The molecule has 19 heavy (non-hydrogen) atoms. The van der Waals surface area contributed by atoms with E-state index in [4.69, 9.17) is 0 Å². The summed E-state index contributed by atoms with van der Waals surface area (Å²) in [6.45, 7) is 5.83. The third kappa shape index (κ3) is 3.51. The number of carbonyl (C=O) groups excluding carboxylic acids is 2. The first-order chi connectivity index (χ1) is 8.88. The largest absolute Gasteiger partial charge is 0.350 e. The highest BCUT2D eigenvalue weighted by Crippen LogP contribution is 2.24. The van der Waals surface area contributed by atoms with Crippen molar-refractivity contribution in [3.05, 3.63) is 22.4 Å². The van der Waals surface area contributed by atoms with Gasteiger partial charge in [-0.1, -0.05) is 0 Å². The van der Waals surface area contributed by atoms with E-state index in [2.05, 4.69) is 5.32 Å². The van der Waals surface area contributed by atoms with E-state index in [0.29, 0.717) is 17.2 Å². The maximum Gasteiger partial charge on any atom is 0.256 e. The molecule has 6 heteroatoms. The fraction of sp³-hybridized carbons (Fsp3) is 0.538. The zero-order chi connectivity index (χ0) is 14.0. The number of rotatable bonds is 2. The summed E-state index contributed by atoms with van der Waals surface area (Å²) in [6.07, 6.45) is 0. The van der Waals surface area contributed by atoms with Crippen molar-refractivity contribution in [2.45, 2.75) is 32.4 Å². The Morgan fingerprint density at radius 3 is 2.74 bits per heavy atom. The molecular weight excluding hydrogens is 280 g/mol. The average Bonchev–Trinajstić information content (AvgIpc) is 2.97. The maximum atomic E-state index is 12.3. The van der Waals surface area contributed by atoms with Crippen molar-refractivity contribution in [1.29, 1.82) is 0 Å². The Bertz CT molecular complexity index is 465. The lowest BCUT2D eigenvalue weighted by molar-refractivity contribution is -0.125. The van der Waals surface area contributed by atoms with Crippen LogP contribution in [0.5, 0.6) is 0 Å². The zero-order valence-electron chi connectivity index (χ0n) is 11.3. The minimum Gasteiger partial charge on any atom is -0.350 e. The van der Waals surface area contributed by atoms with Gasteiger partial charge in [0.05, 0.1) is 11.4 Å². The highest BCUT2D eigenvalue weighted by molar-refractivity contribution is 7.99. The van der Waals surface area contributed by atoms with Gasteiger partial charge in [-0.2, -0.15) is 11.3 Å². The van der Waals surface area contributed by atoms with Crippen molar-refractivity contribution >= 4 is 34.9 Å². The quantitative estimate of drug-likeness (QED) is 0.910. The van der Waals surface area contributed by atoms with Gasteiger partial charge in [-0.15, -0.1) is 11.8 Å². The Kier molecular flexibility index (Phi) is 4.20. The van der Waals surface area contributed by atoms with E-state index in [-0.39, 0.29) is 23.4 Å². The van der Waals surface area contributed by atoms with Crippen LogP contribution >= 0.6 is 23.1 Å². The van der Waals surface area contributed by atoms with E-state index in [0.717, 1.165) is 0 Å². The molecule has 104 valence electrons. The molecule has 1 N–H and O–H groups in total. The average molecular weight is 298 g/mol. The molecule has 2 rings (SSSR count). The zero-order valence-corrected chi connectivity index (χ0v) is 12.9. The van der Waals surface area contributed by atoms with Gasteiger partial charge in [0.15, 0.2) is 0 Å². The van der Waals surface area contributed by atoms with Crippen molar-refractivity contribution in [2.24, 2.45) is 0 Å². The molecule has 1 fully saturated rings. The number of carbonyl (C=O) groups is 2. The first kappa shape index (κ1) is 14.4. The van der Waals surface area contributed by atoms with Crippen LogP contribution in [0.15, 0.2) is 16.8 Å². The number of nitrogens with one attached hydrogen (secondary N) is 1. The normalized spacial score (nSPS) is 19.5. The second-order valence-electron chi connectivity index (χ2n) is 5.54. The fourth-order valence-corrected chi connectivity index (χ4v) is 3.65. The standard InChI is InChI=1S/C13H18N2O2S2/c1-13(2,3)14-11(16)10-7-19-8-15(10)12(17)9-4-5-18-6-9/h4-6,10H,7-8H2,1-3H3,(H,14,16)/t10-/m0/s1. The molecule has 0 spiro atoms. The maximum absolute atomic E-state index is 12.3. The van der Waals surface area contributed by atoms with Crippen molar-refractivity contribution < 1.29 is 9.59 Å². The Labute approximate surface area is 121 Å². The summed E-state index contributed by atoms with van der Waals surface area (Å²) in [5.74, 6) is 1.12. The topological polar surface area (TPSA) is 49.4 Å². The molecule has 1 atom stereocenters. The molecular formula is C13H18N2O2S2. The molecule has 0 aromatic carbocycles. The summed E-state index contributed by atoms with van der Waals surface area (Å²) in [4.78, 5) is 26.2. The minimum absolute atomic E-state index is 0.0553. The molecule has 0 aliphatic carbocycles. The summed E-state index contributed by atoms with van der Waals surface area (Å²) in [7, 11) is 0. The summed E-state index contributed by atoms with van der Waals surface area (Å²) in [6, 6.07) is 1.44. The third-order valence-electron chi connectivity index (χ3n) is 2.71. The Balaban J connectivity index is 2.09. The summed E-state index contributed by atoms with van der Waals surface area (Å²) in [5, 5.41) is 6.65.